The van der Waals surface area contributed by atoms with Crippen LogP contribution < -0.4 is 10.5 Å². The van der Waals surface area contributed by atoms with E-state index in [1.807, 2.05) is 13.8 Å². The summed E-state index contributed by atoms with van der Waals surface area (Å²) >= 11 is 0. The van der Waals surface area contributed by atoms with Crippen molar-refractivity contribution in [2.75, 3.05) is 5.73 Å². The topological polar surface area (TPSA) is 103 Å². The van der Waals surface area contributed by atoms with Crippen LogP contribution in [-0.4, -0.2) is 32.2 Å². The maximum atomic E-state index is 11.4. The summed E-state index contributed by atoms with van der Waals surface area (Å²) in [5.41, 5.74) is 7.54. The molecule has 0 amide bonds. The van der Waals surface area contributed by atoms with Crippen LogP contribution >= 0.6 is 0 Å². The summed E-state index contributed by atoms with van der Waals surface area (Å²) < 4.78 is 7.23. The monoisotopic (exact) mass is 318 g/mol. The van der Waals surface area contributed by atoms with E-state index in [1.54, 1.807) is 22.9 Å². The third-order valence-electron chi connectivity index (χ3n) is 3.31. The number of hydrogen-bond donors (Lipinski definition) is 2. The Kier molecular flexibility index (Phi) is 5.20. The van der Waals surface area contributed by atoms with E-state index in [9.17, 15) is 9.90 Å². The predicted molar refractivity (Wildman–Crippen MR) is 87.5 cm³/mol. The van der Waals surface area contributed by atoms with Crippen molar-refractivity contribution in [3.05, 3.63) is 23.9 Å². The highest BCUT2D eigenvalue weighted by Gasteiger charge is 2.21. The summed E-state index contributed by atoms with van der Waals surface area (Å²) in [6, 6.07) is 5.22. The van der Waals surface area contributed by atoms with Crippen molar-refractivity contribution in [1.82, 2.24) is 15.0 Å². The standard InChI is InChI=1S/C16H22N4O3/c1-4-5-8-20-15(14(16(21)22)18-19-20)11-6-7-13(12(17)9-11)23-10(2)3/h6-7,9-10H,4-5,8,17H2,1-3H3,(H,21,22). The van der Waals surface area contributed by atoms with E-state index in [4.69, 9.17) is 10.5 Å². The molecule has 0 spiro atoms. The SMILES string of the molecule is CCCCn1nnc(C(=O)O)c1-c1ccc(OC(C)C)c(N)c1. The summed E-state index contributed by atoms with van der Waals surface area (Å²) in [7, 11) is 0. The number of carbonyl (C=O) groups is 1. The first-order valence-corrected chi connectivity index (χ1v) is 7.67. The van der Waals surface area contributed by atoms with Crippen LogP contribution in [0.1, 0.15) is 44.1 Å². The first kappa shape index (κ1) is 16.8. The van der Waals surface area contributed by atoms with Crippen molar-refractivity contribution in [2.24, 2.45) is 0 Å². The molecule has 0 saturated carbocycles. The van der Waals surface area contributed by atoms with E-state index in [0.717, 1.165) is 12.8 Å². The molecule has 0 radical (unpaired) electrons. The third-order valence-corrected chi connectivity index (χ3v) is 3.31. The molecule has 2 aromatic rings. The molecule has 0 bridgehead atoms. The Labute approximate surface area is 135 Å². The Morgan fingerprint density at radius 2 is 2.17 bits per heavy atom. The number of carboxylic acids is 1. The van der Waals surface area contributed by atoms with E-state index in [-0.39, 0.29) is 11.8 Å². The molecule has 0 aliphatic carbocycles. The number of nitrogens with zero attached hydrogens (tertiary/aromatic N) is 3. The van der Waals surface area contributed by atoms with Gasteiger partial charge in [0.15, 0.2) is 5.69 Å². The molecule has 0 aliphatic heterocycles. The van der Waals surface area contributed by atoms with Crippen LogP contribution in [0.3, 0.4) is 0 Å². The fourth-order valence-corrected chi connectivity index (χ4v) is 2.26. The number of rotatable bonds is 7. The van der Waals surface area contributed by atoms with Crippen LogP contribution in [0.5, 0.6) is 5.75 Å². The molecule has 0 saturated heterocycles. The van der Waals surface area contributed by atoms with Crippen LogP contribution in [0.25, 0.3) is 11.3 Å². The lowest BCUT2D eigenvalue weighted by Crippen LogP contribution is -2.08. The highest BCUT2D eigenvalue weighted by Crippen LogP contribution is 2.30. The van der Waals surface area contributed by atoms with Gasteiger partial charge in [-0.2, -0.15) is 0 Å². The lowest BCUT2D eigenvalue weighted by atomic mass is 10.1. The van der Waals surface area contributed by atoms with Gasteiger partial charge in [0.25, 0.3) is 0 Å². The Balaban J connectivity index is 2.45. The van der Waals surface area contributed by atoms with Crippen molar-refractivity contribution in [3.63, 3.8) is 0 Å². The Morgan fingerprint density at radius 1 is 1.43 bits per heavy atom. The van der Waals surface area contributed by atoms with Gasteiger partial charge in [-0.3, -0.25) is 0 Å². The lowest BCUT2D eigenvalue weighted by Gasteiger charge is -2.13. The fraction of sp³-hybridized carbons (Fsp3) is 0.438. The van der Waals surface area contributed by atoms with Crippen LogP contribution in [0.2, 0.25) is 0 Å². The number of carboxylic acid groups (broad SMARTS) is 1. The van der Waals surface area contributed by atoms with Crippen molar-refractivity contribution in [2.45, 2.75) is 46.3 Å². The van der Waals surface area contributed by atoms with Gasteiger partial charge in [-0.1, -0.05) is 18.6 Å². The number of aromatic carboxylic acids is 1. The zero-order valence-corrected chi connectivity index (χ0v) is 13.6. The summed E-state index contributed by atoms with van der Waals surface area (Å²) in [5, 5.41) is 17.1. The zero-order valence-electron chi connectivity index (χ0n) is 13.6. The quantitative estimate of drug-likeness (QED) is 0.761. The molecule has 0 aliphatic rings. The number of ether oxygens (including phenoxy) is 1. The molecule has 0 unspecified atom stereocenters. The van der Waals surface area contributed by atoms with Crippen LogP contribution in [-0.2, 0) is 6.54 Å². The number of anilines is 1. The summed E-state index contributed by atoms with van der Waals surface area (Å²) in [4.78, 5) is 11.4. The average Bonchev–Trinajstić information content (AvgIpc) is 2.90. The predicted octanol–water partition coefficient (Wildman–Crippen LogP) is 2.81. The van der Waals surface area contributed by atoms with E-state index in [0.29, 0.717) is 29.2 Å². The number of nitrogens with two attached hydrogens (primary N) is 1. The molecule has 7 nitrogen and oxygen atoms in total. The Bertz CT molecular complexity index is 695. The van der Waals surface area contributed by atoms with Crippen molar-refractivity contribution in [3.8, 4) is 17.0 Å². The summed E-state index contributed by atoms with van der Waals surface area (Å²) in [6.45, 7) is 6.50. The number of aromatic nitrogens is 3. The molecule has 7 heteroatoms. The molecule has 1 heterocycles. The molecule has 23 heavy (non-hydrogen) atoms. The normalized spacial score (nSPS) is 11.0. The molecule has 3 N–H and O–H groups in total. The molecule has 124 valence electrons. The van der Waals surface area contributed by atoms with Crippen molar-refractivity contribution >= 4 is 11.7 Å². The van der Waals surface area contributed by atoms with E-state index < -0.39 is 5.97 Å². The molecule has 0 fully saturated rings. The Morgan fingerprint density at radius 3 is 2.74 bits per heavy atom. The van der Waals surface area contributed by atoms with Gasteiger partial charge >= 0.3 is 5.97 Å². The highest BCUT2D eigenvalue weighted by atomic mass is 16.5. The maximum Gasteiger partial charge on any atom is 0.358 e. The van der Waals surface area contributed by atoms with Gasteiger partial charge in [-0.05, 0) is 38.5 Å². The van der Waals surface area contributed by atoms with Gasteiger partial charge < -0.3 is 15.6 Å². The third kappa shape index (κ3) is 3.80. The number of hydrogen-bond acceptors (Lipinski definition) is 5. The van der Waals surface area contributed by atoms with Crippen LogP contribution in [0, 0.1) is 0 Å². The minimum absolute atomic E-state index is 0.00878. The number of nitrogen functional groups attached to an aromatic ring is 1. The number of benzene rings is 1. The van der Waals surface area contributed by atoms with Gasteiger partial charge in [-0.25, -0.2) is 9.48 Å². The van der Waals surface area contributed by atoms with E-state index >= 15 is 0 Å². The minimum Gasteiger partial charge on any atom is -0.489 e. The molecule has 1 aromatic heterocycles. The molecular formula is C16H22N4O3. The molecule has 1 aromatic carbocycles. The van der Waals surface area contributed by atoms with Gasteiger partial charge in [0.1, 0.15) is 11.4 Å². The Hall–Kier alpha value is -2.57. The first-order valence-electron chi connectivity index (χ1n) is 7.67. The molecule has 0 atom stereocenters. The smallest absolute Gasteiger partial charge is 0.358 e. The lowest BCUT2D eigenvalue weighted by molar-refractivity contribution is 0.0691. The van der Waals surface area contributed by atoms with Crippen molar-refractivity contribution < 1.29 is 14.6 Å². The largest absolute Gasteiger partial charge is 0.489 e. The number of aryl methyl sites for hydroxylation is 1. The highest BCUT2D eigenvalue weighted by molar-refractivity contribution is 5.93. The van der Waals surface area contributed by atoms with Gasteiger partial charge in [0.05, 0.1) is 11.8 Å². The van der Waals surface area contributed by atoms with Gasteiger partial charge in [0, 0.05) is 12.1 Å². The fourth-order valence-electron chi connectivity index (χ4n) is 2.26. The van der Waals surface area contributed by atoms with Crippen LogP contribution in [0.4, 0.5) is 5.69 Å². The zero-order chi connectivity index (χ0) is 17.0. The second-order valence-corrected chi connectivity index (χ2v) is 5.59. The second kappa shape index (κ2) is 7.13. The maximum absolute atomic E-state index is 11.4. The van der Waals surface area contributed by atoms with Crippen molar-refractivity contribution in [1.29, 1.82) is 0 Å². The van der Waals surface area contributed by atoms with Crippen LogP contribution in [0.15, 0.2) is 18.2 Å². The second-order valence-electron chi connectivity index (χ2n) is 5.59. The number of unbranched alkanes of at least 4 members (excludes halogenated alkanes) is 1. The minimum atomic E-state index is -1.11. The molecule has 2 rings (SSSR count). The first-order chi connectivity index (χ1) is 10.9. The van der Waals surface area contributed by atoms with Gasteiger partial charge in [0.2, 0.25) is 0 Å². The summed E-state index contributed by atoms with van der Waals surface area (Å²) in [5.74, 6) is -0.531. The average molecular weight is 318 g/mol. The molecular weight excluding hydrogens is 296 g/mol. The van der Waals surface area contributed by atoms with E-state index in [2.05, 4.69) is 17.2 Å². The summed E-state index contributed by atoms with van der Waals surface area (Å²) in [6.07, 6.45) is 1.87. The van der Waals surface area contributed by atoms with Gasteiger partial charge in [-0.15, -0.1) is 5.10 Å². The van der Waals surface area contributed by atoms with E-state index in [1.165, 1.54) is 0 Å².